The summed E-state index contributed by atoms with van der Waals surface area (Å²) in [5.41, 5.74) is 2.67. The molecule has 1 heterocycles. The molecule has 3 rings (SSSR count). The zero-order chi connectivity index (χ0) is 19.9. The van der Waals surface area contributed by atoms with Crippen molar-refractivity contribution in [1.29, 1.82) is 0 Å². The summed E-state index contributed by atoms with van der Waals surface area (Å²) >= 11 is 0. The minimum Gasteiger partial charge on any atom is -0.343 e. The minimum atomic E-state index is -0.0524. The van der Waals surface area contributed by atoms with Gasteiger partial charge in [-0.15, -0.1) is 0 Å². The fourth-order valence-corrected chi connectivity index (χ4v) is 3.66. The zero-order valence-corrected chi connectivity index (χ0v) is 17.1. The van der Waals surface area contributed by atoms with Crippen molar-refractivity contribution in [2.75, 3.05) is 18.4 Å². The van der Waals surface area contributed by atoms with E-state index in [0.717, 1.165) is 48.5 Å². The van der Waals surface area contributed by atoms with Gasteiger partial charge in [0.1, 0.15) is 5.82 Å². The van der Waals surface area contributed by atoms with Crippen molar-refractivity contribution in [2.24, 2.45) is 0 Å². The van der Waals surface area contributed by atoms with Gasteiger partial charge in [0.2, 0.25) is 11.8 Å². The first kappa shape index (κ1) is 20.4. The minimum absolute atomic E-state index is 0.0524. The highest BCUT2D eigenvalue weighted by Crippen LogP contribution is 2.35. The molecule has 28 heavy (non-hydrogen) atoms. The van der Waals surface area contributed by atoms with E-state index < -0.39 is 0 Å². The van der Waals surface area contributed by atoms with Crippen molar-refractivity contribution in [3.8, 4) is 0 Å². The lowest BCUT2D eigenvalue weighted by Crippen LogP contribution is -2.32. The Bertz CT molecular complexity index is 804. The van der Waals surface area contributed by atoms with Crippen molar-refractivity contribution in [3.05, 3.63) is 24.0 Å². The van der Waals surface area contributed by atoms with Crippen LogP contribution in [0.2, 0.25) is 0 Å². The number of carbonyl (C=O) groups excluding carboxylic acids is 2. The van der Waals surface area contributed by atoms with E-state index in [2.05, 4.69) is 29.1 Å². The summed E-state index contributed by atoms with van der Waals surface area (Å²) in [6.07, 6.45) is 6.97. The SMILES string of the molecule is CCCN(CCC)C(=O)CCCC(=O)Nc1ccc2nc(C3CCC3)[nH]c2c1. The third kappa shape index (κ3) is 5.12. The van der Waals surface area contributed by atoms with Crippen LogP contribution >= 0.6 is 0 Å². The molecule has 1 saturated carbocycles. The van der Waals surface area contributed by atoms with Crippen molar-refractivity contribution in [3.63, 3.8) is 0 Å². The van der Waals surface area contributed by atoms with Gasteiger partial charge in [-0.05, 0) is 50.3 Å². The second-order valence-corrected chi connectivity index (χ2v) is 7.76. The Balaban J connectivity index is 1.48. The van der Waals surface area contributed by atoms with Crippen LogP contribution in [0.4, 0.5) is 5.69 Å². The number of rotatable bonds is 10. The molecule has 2 N–H and O–H groups in total. The largest absolute Gasteiger partial charge is 0.343 e. The average molecular weight is 385 g/mol. The van der Waals surface area contributed by atoms with Gasteiger partial charge >= 0.3 is 0 Å². The normalized spacial score (nSPS) is 14.1. The number of amides is 2. The number of imidazole rings is 1. The Morgan fingerprint density at radius 3 is 2.57 bits per heavy atom. The Labute approximate surface area is 167 Å². The lowest BCUT2D eigenvalue weighted by Gasteiger charge is -2.22. The standard InChI is InChI=1S/C22H32N4O2/c1-3-13-26(14-4-2)21(28)10-6-9-20(27)23-17-11-12-18-19(15-17)25-22(24-18)16-7-5-8-16/h11-12,15-16H,3-10,13-14H2,1-2H3,(H,23,27)(H,24,25). The van der Waals surface area contributed by atoms with Gasteiger partial charge in [-0.2, -0.15) is 0 Å². The number of H-pyrrole nitrogens is 1. The van der Waals surface area contributed by atoms with Crippen LogP contribution < -0.4 is 5.32 Å². The van der Waals surface area contributed by atoms with E-state index in [-0.39, 0.29) is 11.8 Å². The number of carbonyl (C=O) groups is 2. The van der Waals surface area contributed by atoms with Gasteiger partial charge in [0.25, 0.3) is 0 Å². The highest BCUT2D eigenvalue weighted by atomic mass is 16.2. The van der Waals surface area contributed by atoms with Gasteiger partial charge in [-0.1, -0.05) is 20.3 Å². The van der Waals surface area contributed by atoms with Crippen molar-refractivity contribution >= 4 is 28.5 Å². The van der Waals surface area contributed by atoms with Crippen LogP contribution in [0.15, 0.2) is 18.2 Å². The summed E-state index contributed by atoms with van der Waals surface area (Å²) in [4.78, 5) is 34.5. The fourth-order valence-electron chi connectivity index (χ4n) is 3.66. The first-order valence-electron chi connectivity index (χ1n) is 10.7. The van der Waals surface area contributed by atoms with Crippen LogP contribution in [-0.2, 0) is 9.59 Å². The van der Waals surface area contributed by atoms with E-state index in [1.54, 1.807) is 0 Å². The van der Waals surface area contributed by atoms with Crippen LogP contribution in [0, 0.1) is 0 Å². The molecule has 0 atom stereocenters. The third-order valence-corrected chi connectivity index (χ3v) is 5.41. The molecular weight excluding hydrogens is 352 g/mol. The monoisotopic (exact) mass is 384 g/mol. The summed E-state index contributed by atoms with van der Waals surface area (Å²) < 4.78 is 0. The molecule has 0 unspecified atom stereocenters. The second-order valence-electron chi connectivity index (χ2n) is 7.76. The van der Waals surface area contributed by atoms with Crippen LogP contribution in [0.5, 0.6) is 0 Å². The first-order chi connectivity index (χ1) is 13.6. The Hall–Kier alpha value is -2.37. The number of hydrogen-bond donors (Lipinski definition) is 2. The van der Waals surface area contributed by atoms with Crippen LogP contribution in [0.3, 0.4) is 0 Å². The molecule has 0 bridgehead atoms. The summed E-state index contributed by atoms with van der Waals surface area (Å²) in [5, 5.41) is 2.94. The molecular formula is C22H32N4O2. The number of nitrogens with one attached hydrogen (secondary N) is 2. The highest BCUT2D eigenvalue weighted by Gasteiger charge is 2.22. The van der Waals surface area contributed by atoms with E-state index in [1.165, 1.54) is 19.3 Å². The van der Waals surface area contributed by atoms with E-state index in [9.17, 15) is 9.59 Å². The zero-order valence-electron chi connectivity index (χ0n) is 17.1. The van der Waals surface area contributed by atoms with Gasteiger partial charge in [0.15, 0.2) is 0 Å². The quantitative estimate of drug-likeness (QED) is 0.629. The maximum atomic E-state index is 12.3. The number of hydrogen-bond acceptors (Lipinski definition) is 3. The smallest absolute Gasteiger partial charge is 0.224 e. The molecule has 1 aromatic carbocycles. The Kier molecular flexibility index (Phi) is 7.06. The highest BCUT2D eigenvalue weighted by molar-refractivity contribution is 5.93. The van der Waals surface area contributed by atoms with Crippen molar-refractivity contribution < 1.29 is 9.59 Å². The van der Waals surface area contributed by atoms with Crippen LogP contribution in [0.1, 0.15) is 77.0 Å². The molecule has 1 aromatic heterocycles. The van der Waals surface area contributed by atoms with E-state index in [4.69, 9.17) is 0 Å². The van der Waals surface area contributed by atoms with E-state index in [0.29, 0.717) is 25.2 Å². The summed E-state index contributed by atoms with van der Waals surface area (Å²) in [6, 6.07) is 5.78. The number of fused-ring (bicyclic) bond motifs is 1. The summed E-state index contributed by atoms with van der Waals surface area (Å²) in [5.74, 6) is 1.72. The molecule has 6 heteroatoms. The van der Waals surface area contributed by atoms with Crippen LogP contribution in [-0.4, -0.2) is 39.8 Å². The van der Waals surface area contributed by atoms with E-state index >= 15 is 0 Å². The number of nitrogens with zero attached hydrogens (tertiary/aromatic N) is 2. The molecule has 152 valence electrons. The van der Waals surface area contributed by atoms with Crippen molar-refractivity contribution in [1.82, 2.24) is 14.9 Å². The van der Waals surface area contributed by atoms with Gasteiger partial charge in [0.05, 0.1) is 11.0 Å². The van der Waals surface area contributed by atoms with Gasteiger partial charge in [-0.25, -0.2) is 4.98 Å². The van der Waals surface area contributed by atoms with Gasteiger partial charge < -0.3 is 15.2 Å². The number of benzene rings is 1. The molecule has 0 radical (unpaired) electrons. The second kappa shape index (κ2) is 9.71. The number of aromatic amines is 1. The molecule has 0 spiro atoms. The Morgan fingerprint density at radius 2 is 1.93 bits per heavy atom. The van der Waals surface area contributed by atoms with Crippen LogP contribution in [0.25, 0.3) is 11.0 Å². The molecule has 0 aliphatic heterocycles. The van der Waals surface area contributed by atoms with E-state index in [1.807, 2.05) is 23.1 Å². The molecule has 1 fully saturated rings. The molecule has 2 aromatic rings. The maximum absolute atomic E-state index is 12.3. The molecule has 0 saturated heterocycles. The predicted molar refractivity (Wildman–Crippen MR) is 112 cm³/mol. The average Bonchev–Trinajstić information content (AvgIpc) is 3.02. The lowest BCUT2D eigenvalue weighted by atomic mass is 9.85. The van der Waals surface area contributed by atoms with Gasteiger partial charge in [-0.3, -0.25) is 9.59 Å². The molecule has 6 nitrogen and oxygen atoms in total. The summed E-state index contributed by atoms with van der Waals surface area (Å²) in [7, 11) is 0. The number of aromatic nitrogens is 2. The number of anilines is 1. The lowest BCUT2D eigenvalue weighted by molar-refractivity contribution is -0.131. The third-order valence-electron chi connectivity index (χ3n) is 5.41. The Morgan fingerprint density at radius 1 is 1.18 bits per heavy atom. The van der Waals surface area contributed by atoms with Gasteiger partial charge in [0, 0.05) is 37.5 Å². The van der Waals surface area contributed by atoms with Crippen molar-refractivity contribution in [2.45, 2.75) is 71.1 Å². The molecule has 1 aliphatic carbocycles. The molecule has 2 amide bonds. The maximum Gasteiger partial charge on any atom is 0.224 e. The summed E-state index contributed by atoms with van der Waals surface area (Å²) in [6.45, 7) is 5.75. The first-order valence-corrected chi connectivity index (χ1v) is 10.7. The fraction of sp³-hybridized carbons (Fsp3) is 0.591. The topological polar surface area (TPSA) is 78.1 Å². The molecule has 1 aliphatic rings. The predicted octanol–water partition coefficient (Wildman–Crippen LogP) is 4.59.